The highest BCUT2D eigenvalue weighted by molar-refractivity contribution is 5.67. The summed E-state index contributed by atoms with van der Waals surface area (Å²) in [5.41, 5.74) is 0. The van der Waals surface area contributed by atoms with Gasteiger partial charge >= 0.3 is 5.97 Å². The second-order valence-corrected chi connectivity index (χ2v) is 3.24. The van der Waals surface area contributed by atoms with Crippen molar-refractivity contribution in [1.82, 2.24) is 0 Å². The number of quaternary nitrogens is 1. The second-order valence-electron chi connectivity index (χ2n) is 3.24. The van der Waals surface area contributed by atoms with E-state index in [0.29, 0.717) is 0 Å². The molecule has 0 heterocycles. The first-order valence-electron chi connectivity index (χ1n) is 2.89. The third-order valence-corrected chi connectivity index (χ3v) is 0.135. The van der Waals surface area contributed by atoms with Crippen molar-refractivity contribution < 1.29 is 25.0 Å². The van der Waals surface area contributed by atoms with Gasteiger partial charge in [-0.05, 0) is 0 Å². The van der Waals surface area contributed by atoms with E-state index in [-0.39, 0.29) is 5.48 Å². The Morgan fingerprint density at radius 3 is 1.36 bits per heavy atom. The van der Waals surface area contributed by atoms with Crippen LogP contribution in [0, 0.1) is 0 Å². The molecule has 0 unspecified atom stereocenters. The molecule has 70 valence electrons. The molecule has 11 heavy (non-hydrogen) atoms. The Morgan fingerprint density at radius 1 is 1.27 bits per heavy atom. The molecule has 0 aliphatic heterocycles. The number of aliphatic hydroxyl groups is 1. The minimum atomic E-state index is -1.19. The molecule has 0 spiro atoms. The van der Waals surface area contributed by atoms with Gasteiger partial charge in [0.05, 0.1) is 28.2 Å². The number of carbonyl (C=O) groups is 1. The minimum Gasteiger partial charge on any atom is -0.870 e. The molecule has 0 fully saturated rings. The Labute approximate surface area is 66.8 Å². The molecule has 0 amide bonds. The van der Waals surface area contributed by atoms with E-state index in [1.807, 2.05) is 0 Å². The molecule has 5 nitrogen and oxygen atoms in total. The highest BCUT2D eigenvalue weighted by Crippen LogP contribution is 1.73. The number of hydrogen-bond acceptors (Lipinski definition) is 3. The first-order chi connectivity index (χ1) is 4.27. The fourth-order valence-electron chi connectivity index (χ4n) is 0. The summed E-state index contributed by atoms with van der Waals surface area (Å²) in [7, 11) is 8.50. The van der Waals surface area contributed by atoms with Gasteiger partial charge in [0.2, 0.25) is 0 Å². The van der Waals surface area contributed by atoms with Crippen LogP contribution in [0.2, 0.25) is 0 Å². The van der Waals surface area contributed by atoms with E-state index < -0.39 is 12.6 Å². The molecule has 0 aliphatic carbocycles. The van der Waals surface area contributed by atoms with Crippen LogP contribution in [0.15, 0.2) is 0 Å². The predicted octanol–water partition coefficient (Wildman–Crippen LogP) is -0.791. The van der Waals surface area contributed by atoms with Crippen LogP contribution >= 0.6 is 0 Å². The molecule has 0 saturated heterocycles. The van der Waals surface area contributed by atoms with E-state index in [4.69, 9.17) is 15.0 Å². The van der Waals surface area contributed by atoms with Gasteiger partial charge in [-0.15, -0.1) is 0 Å². The van der Waals surface area contributed by atoms with Crippen molar-refractivity contribution in [1.29, 1.82) is 0 Å². The largest absolute Gasteiger partial charge is 0.870 e. The quantitative estimate of drug-likeness (QED) is 0.501. The third kappa shape index (κ3) is 277. The van der Waals surface area contributed by atoms with Crippen molar-refractivity contribution in [2.75, 3.05) is 34.8 Å². The van der Waals surface area contributed by atoms with E-state index in [9.17, 15) is 0 Å². The van der Waals surface area contributed by atoms with Gasteiger partial charge in [-0.1, -0.05) is 0 Å². The molecule has 3 N–H and O–H groups in total. The summed E-state index contributed by atoms with van der Waals surface area (Å²) >= 11 is 0. The Morgan fingerprint density at radius 2 is 1.36 bits per heavy atom. The van der Waals surface area contributed by atoms with Crippen LogP contribution in [0.4, 0.5) is 0 Å². The first-order valence-corrected chi connectivity index (χ1v) is 2.89. The van der Waals surface area contributed by atoms with E-state index in [0.717, 1.165) is 4.48 Å². The van der Waals surface area contributed by atoms with Gasteiger partial charge in [0, 0.05) is 0 Å². The van der Waals surface area contributed by atoms with Crippen molar-refractivity contribution >= 4 is 5.97 Å². The molecule has 0 rings (SSSR count). The van der Waals surface area contributed by atoms with Crippen molar-refractivity contribution in [2.45, 2.75) is 0 Å². The minimum absolute atomic E-state index is 0. The van der Waals surface area contributed by atoms with Crippen LogP contribution in [0.5, 0.6) is 0 Å². The molecule has 0 atom stereocenters. The fraction of sp³-hybridized carbons (Fsp3) is 0.833. The zero-order chi connectivity index (χ0) is 8.78. The Bertz CT molecular complexity index is 91.2. The van der Waals surface area contributed by atoms with E-state index in [1.165, 1.54) is 0 Å². The van der Waals surface area contributed by atoms with Gasteiger partial charge in [-0.2, -0.15) is 0 Å². The van der Waals surface area contributed by atoms with Gasteiger partial charge in [0.1, 0.15) is 6.61 Å². The maximum absolute atomic E-state index is 9.12. The van der Waals surface area contributed by atoms with Crippen molar-refractivity contribution in [3.63, 3.8) is 0 Å². The van der Waals surface area contributed by atoms with Crippen LogP contribution in [-0.2, 0) is 4.79 Å². The summed E-state index contributed by atoms with van der Waals surface area (Å²) in [5.74, 6) is -1.19. The summed E-state index contributed by atoms with van der Waals surface area (Å²) in [6, 6.07) is 0. The summed E-state index contributed by atoms with van der Waals surface area (Å²) in [5, 5.41) is 15.0. The maximum atomic E-state index is 9.12. The van der Waals surface area contributed by atoms with Gasteiger partial charge in [0.15, 0.2) is 0 Å². The van der Waals surface area contributed by atoms with Crippen LogP contribution < -0.4 is 0 Å². The average molecular weight is 167 g/mol. The number of hydrogen-bond donors (Lipinski definition) is 2. The van der Waals surface area contributed by atoms with Crippen molar-refractivity contribution in [3.05, 3.63) is 0 Å². The summed E-state index contributed by atoms with van der Waals surface area (Å²) in [6.07, 6.45) is 0. The number of carboxylic acids is 1. The van der Waals surface area contributed by atoms with Gasteiger partial charge in [-0.25, -0.2) is 4.79 Å². The average Bonchev–Trinajstić information content (AvgIpc) is 1.61. The van der Waals surface area contributed by atoms with Crippen LogP contribution in [0.3, 0.4) is 0 Å². The lowest BCUT2D eigenvalue weighted by Gasteiger charge is -2.14. The van der Waals surface area contributed by atoms with Gasteiger partial charge in [0.25, 0.3) is 0 Å². The highest BCUT2D eigenvalue weighted by atomic mass is 16.4. The van der Waals surface area contributed by atoms with Crippen LogP contribution in [-0.4, -0.2) is 60.9 Å². The number of rotatable bonds is 1. The van der Waals surface area contributed by atoms with Crippen molar-refractivity contribution in [2.24, 2.45) is 0 Å². The zero-order valence-corrected chi connectivity index (χ0v) is 7.40. The van der Waals surface area contributed by atoms with Gasteiger partial charge in [-0.3, -0.25) is 0 Å². The Hall–Kier alpha value is -0.650. The molecule has 0 aromatic heterocycles. The molecule has 0 aliphatic rings. The molecular formula is C6H17NO4. The smallest absolute Gasteiger partial charge is 0.329 e. The van der Waals surface area contributed by atoms with E-state index >= 15 is 0 Å². The lowest BCUT2D eigenvalue weighted by molar-refractivity contribution is -0.849. The topological polar surface area (TPSA) is 87.5 Å². The molecular weight excluding hydrogens is 150 g/mol. The lowest BCUT2D eigenvalue weighted by Crippen LogP contribution is -2.27. The Kier molecular flexibility index (Phi) is 11.4. The molecule has 0 aromatic carbocycles. The summed E-state index contributed by atoms with van der Waals surface area (Å²) in [6.45, 7) is -0.778. The maximum Gasteiger partial charge on any atom is 0.329 e. The lowest BCUT2D eigenvalue weighted by atomic mass is 10.8. The fourth-order valence-corrected chi connectivity index (χ4v) is 0. The predicted molar refractivity (Wildman–Crippen MR) is 40.6 cm³/mol. The normalized spacial score (nSPS) is 8.82. The SMILES string of the molecule is C[N+](C)(C)C.O=C(O)CO.[OH-]. The molecule has 5 heteroatoms. The summed E-state index contributed by atoms with van der Waals surface area (Å²) < 4.78 is 1.00. The van der Waals surface area contributed by atoms with Gasteiger partial charge < -0.3 is 20.2 Å². The molecule has 0 radical (unpaired) electrons. The van der Waals surface area contributed by atoms with E-state index in [2.05, 4.69) is 28.2 Å². The number of aliphatic carboxylic acids is 1. The summed E-state index contributed by atoms with van der Waals surface area (Å²) in [4.78, 5) is 9.12. The molecule has 0 aromatic rings. The Balaban J connectivity index is -0.000000107. The zero-order valence-electron chi connectivity index (χ0n) is 7.40. The standard InChI is InChI=1S/C4H12N.C2H4O3.H2O/c1-5(2,3)4;3-1-2(4)5;/h1-4H3;3H,1H2,(H,4,5);1H2/q+1;;/p-1. The molecule has 0 saturated carbocycles. The van der Waals surface area contributed by atoms with E-state index in [1.54, 1.807) is 0 Å². The highest BCUT2D eigenvalue weighted by Gasteiger charge is 1.88. The number of carboxylic acid groups (broad SMARTS) is 1. The second kappa shape index (κ2) is 7.46. The van der Waals surface area contributed by atoms with Crippen LogP contribution in [0.25, 0.3) is 0 Å². The monoisotopic (exact) mass is 167 g/mol. The molecule has 0 bridgehead atoms. The third-order valence-electron chi connectivity index (χ3n) is 0.135. The first kappa shape index (κ1) is 16.7. The number of nitrogens with zero attached hydrogens (tertiary/aromatic N) is 1. The van der Waals surface area contributed by atoms with Crippen LogP contribution in [0.1, 0.15) is 0 Å². The number of aliphatic hydroxyl groups excluding tert-OH is 1. The van der Waals surface area contributed by atoms with Crippen molar-refractivity contribution in [3.8, 4) is 0 Å².